The average Bonchev–Trinajstić information content (AvgIpc) is 2.48. The topological polar surface area (TPSA) is 58.6 Å². The Labute approximate surface area is 130 Å². The number of carbonyl (C=O) groups excluding carboxylic acids is 1. The summed E-state index contributed by atoms with van der Waals surface area (Å²) >= 11 is 1.58. The molecule has 1 aliphatic rings. The van der Waals surface area contributed by atoms with Gasteiger partial charge in [0.15, 0.2) is 0 Å². The van der Waals surface area contributed by atoms with Crippen LogP contribution >= 0.6 is 11.8 Å². The molecule has 0 unspecified atom stereocenters. The van der Waals surface area contributed by atoms with Gasteiger partial charge in [-0.2, -0.15) is 0 Å². The number of hydrogen-bond acceptors (Lipinski definition) is 4. The number of aliphatic hydroxyl groups is 1. The minimum atomic E-state index is -0.0314. The minimum absolute atomic E-state index is 0.0314. The third kappa shape index (κ3) is 4.46. The Balaban J connectivity index is 1.85. The van der Waals surface area contributed by atoms with Gasteiger partial charge in [0.25, 0.3) is 5.91 Å². The van der Waals surface area contributed by atoms with Gasteiger partial charge in [-0.25, -0.2) is 0 Å². The lowest BCUT2D eigenvalue weighted by molar-refractivity contribution is 0.0180. The predicted octanol–water partition coefficient (Wildman–Crippen LogP) is 2.32. The van der Waals surface area contributed by atoms with E-state index in [0.717, 1.165) is 17.7 Å². The molecule has 0 aliphatic heterocycles. The summed E-state index contributed by atoms with van der Waals surface area (Å²) in [6, 6.07) is 7.50. The molecule has 116 valence electrons. The van der Waals surface area contributed by atoms with Crippen LogP contribution in [0, 0.1) is 5.41 Å². The van der Waals surface area contributed by atoms with E-state index in [1.165, 1.54) is 6.42 Å². The fraction of sp³-hybridized carbons (Fsp3) is 0.562. The minimum Gasteiger partial charge on any atom is -0.396 e. The Morgan fingerprint density at radius 3 is 2.62 bits per heavy atom. The molecular formula is C16H23NO3S. The first kappa shape index (κ1) is 16.3. The molecular weight excluding hydrogens is 286 g/mol. The Hall–Kier alpha value is -1.04. The molecule has 0 spiro atoms. The highest BCUT2D eigenvalue weighted by molar-refractivity contribution is 7.99. The van der Waals surface area contributed by atoms with Gasteiger partial charge in [0.2, 0.25) is 0 Å². The van der Waals surface area contributed by atoms with E-state index in [1.807, 2.05) is 24.3 Å². The van der Waals surface area contributed by atoms with Gasteiger partial charge in [-0.3, -0.25) is 4.79 Å². The van der Waals surface area contributed by atoms with E-state index >= 15 is 0 Å². The van der Waals surface area contributed by atoms with E-state index in [-0.39, 0.29) is 17.9 Å². The molecule has 21 heavy (non-hydrogen) atoms. The quantitative estimate of drug-likeness (QED) is 0.724. The van der Waals surface area contributed by atoms with Crippen LogP contribution in [-0.2, 0) is 4.74 Å². The Kier molecular flexibility index (Phi) is 6.08. The van der Waals surface area contributed by atoms with Crippen molar-refractivity contribution in [3.05, 3.63) is 29.8 Å². The number of carbonyl (C=O) groups is 1. The van der Waals surface area contributed by atoms with Crippen LogP contribution in [-0.4, -0.2) is 43.6 Å². The van der Waals surface area contributed by atoms with E-state index < -0.39 is 0 Å². The summed E-state index contributed by atoms with van der Waals surface area (Å²) in [6.07, 6.45) is 3.46. The monoisotopic (exact) mass is 309 g/mol. The molecule has 0 heterocycles. The van der Waals surface area contributed by atoms with Crippen molar-refractivity contribution < 1.29 is 14.6 Å². The molecule has 0 atom stereocenters. The lowest BCUT2D eigenvalue weighted by atomic mass is 9.69. The van der Waals surface area contributed by atoms with Crippen molar-refractivity contribution in [2.24, 2.45) is 5.41 Å². The van der Waals surface area contributed by atoms with Gasteiger partial charge in [0.05, 0.1) is 13.2 Å². The van der Waals surface area contributed by atoms with Gasteiger partial charge in [0.1, 0.15) is 0 Å². The van der Waals surface area contributed by atoms with Crippen molar-refractivity contribution in [1.82, 2.24) is 5.32 Å². The predicted molar refractivity (Wildman–Crippen MR) is 84.7 cm³/mol. The smallest absolute Gasteiger partial charge is 0.251 e. The van der Waals surface area contributed by atoms with E-state index in [2.05, 4.69) is 5.32 Å². The maximum Gasteiger partial charge on any atom is 0.251 e. The molecule has 2 rings (SSSR count). The second-order valence-electron chi connectivity index (χ2n) is 5.57. The number of thioether (sulfide) groups is 1. The number of nitrogens with one attached hydrogen (secondary N) is 1. The highest BCUT2D eigenvalue weighted by atomic mass is 32.2. The molecule has 1 aromatic rings. The molecule has 0 aromatic heterocycles. The summed E-state index contributed by atoms with van der Waals surface area (Å²) in [5.41, 5.74) is 0.816. The van der Waals surface area contributed by atoms with E-state index in [1.54, 1.807) is 18.9 Å². The first-order valence-corrected chi connectivity index (χ1v) is 8.28. The number of hydrogen-bond donors (Lipinski definition) is 2. The second kappa shape index (κ2) is 7.82. The highest BCUT2D eigenvalue weighted by Gasteiger charge is 2.37. The van der Waals surface area contributed by atoms with E-state index in [4.69, 9.17) is 9.84 Å². The first-order chi connectivity index (χ1) is 10.2. The van der Waals surface area contributed by atoms with Crippen LogP contribution in [0.3, 0.4) is 0 Å². The van der Waals surface area contributed by atoms with E-state index in [0.29, 0.717) is 24.5 Å². The third-order valence-corrected chi connectivity index (χ3v) is 4.96. The molecule has 0 radical (unpaired) electrons. The number of ether oxygens (including phenoxy) is 1. The lowest BCUT2D eigenvalue weighted by Gasteiger charge is -2.41. The number of benzene rings is 1. The Morgan fingerprint density at radius 2 is 2.10 bits per heavy atom. The first-order valence-electron chi connectivity index (χ1n) is 7.30. The van der Waals surface area contributed by atoms with Crippen molar-refractivity contribution in [1.29, 1.82) is 0 Å². The summed E-state index contributed by atoms with van der Waals surface area (Å²) in [6.45, 7) is 1.55. The van der Waals surface area contributed by atoms with Gasteiger partial charge >= 0.3 is 0 Å². The van der Waals surface area contributed by atoms with Crippen LogP contribution < -0.4 is 5.32 Å². The van der Waals surface area contributed by atoms with Gasteiger partial charge in [-0.05, 0) is 37.1 Å². The van der Waals surface area contributed by atoms with Crippen LogP contribution in [0.15, 0.2) is 29.2 Å². The number of aliphatic hydroxyl groups excluding tert-OH is 1. The normalized spacial score (nSPS) is 16.3. The maximum absolute atomic E-state index is 12.2. The fourth-order valence-electron chi connectivity index (χ4n) is 2.59. The Morgan fingerprint density at radius 1 is 1.38 bits per heavy atom. The van der Waals surface area contributed by atoms with Crippen molar-refractivity contribution in [2.75, 3.05) is 32.6 Å². The molecule has 2 N–H and O–H groups in total. The van der Waals surface area contributed by atoms with Crippen molar-refractivity contribution in [2.45, 2.75) is 24.2 Å². The fourth-order valence-corrected chi connectivity index (χ4v) is 3.25. The Bertz CT molecular complexity index is 457. The summed E-state index contributed by atoms with van der Waals surface area (Å²) in [7, 11) is 1.71. The molecule has 1 amide bonds. The largest absolute Gasteiger partial charge is 0.396 e. The lowest BCUT2D eigenvalue weighted by Crippen LogP contribution is -2.45. The van der Waals surface area contributed by atoms with Gasteiger partial charge in [-0.1, -0.05) is 6.42 Å². The summed E-state index contributed by atoms with van der Waals surface area (Å²) < 4.78 is 5.27. The average molecular weight is 309 g/mol. The molecule has 1 saturated carbocycles. The molecule has 0 bridgehead atoms. The molecule has 0 saturated heterocycles. The van der Waals surface area contributed by atoms with E-state index in [9.17, 15) is 4.79 Å². The van der Waals surface area contributed by atoms with Crippen LogP contribution in [0.25, 0.3) is 0 Å². The SMILES string of the molecule is COCC1(CNC(=O)c2ccc(SCCO)cc2)CCC1. The van der Waals surface area contributed by atoms with Crippen LogP contribution in [0.5, 0.6) is 0 Å². The number of rotatable bonds is 8. The third-order valence-electron chi connectivity index (χ3n) is 3.97. The molecule has 4 nitrogen and oxygen atoms in total. The maximum atomic E-state index is 12.2. The zero-order valence-electron chi connectivity index (χ0n) is 12.4. The summed E-state index contributed by atoms with van der Waals surface area (Å²) in [4.78, 5) is 13.2. The zero-order valence-corrected chi connectivity index (χ0v) is 13.2. The van der Waals surface area contributed by atoms with Crippen molar-refractivity contribution >= 4 is 17.7 Å². The van der Waals surface area contributed by atoms with Crippen molar-refractivity contribution in [3.63, 3.8) is 0 Å². The molecule has 1 aromatic carbocycles. The molecule has 1 aliphatic carbocycles. The van der Waals surface area contributed by atoms with Gasteiger partial charge in [0, 0.05) is 35.3 Å². The van der Waals surface area contributed by atoms with Crippen LogP contribution in [0.1, 0.15) is 29.6 Å². The summed E-state index contributed by atoms with van der Waals surface area (Å²) in [5, 5.41) is 11.8. The summed E-state index contributed by atoms with van der Waals surface area (Å²) in [5.74, 6) is 0.640. The van der Waals surface area contributed by atoms with Crippen LogP contribution in [0.2, 0.25) is 0 Å². The zero-order chi connectivity index (χ0) is 15.1. The van der Waals surface area contributed by atoms with Crippen molar-refractivity contribution in [3.8, 4) is 0 Å². The highest BCUT2D eigenvalue weighted by Crippen LogP contribution is 2.40. The van der Waals surface area contributed by atoms with Gasteiger partial charge < -0.3 is 15.2 Å². The number of amides is 1. The van der Waals surface area contributed by atoms with Crippen LogP contribution in [0.4, 0.5) is 0 Å². The molecule has 5 heteroatoms. The second-order valence-corrected chi connectivity index (χ2v) is 6.73. The number of methoxy groups -OCH3 is 1. The standard InChI is InChI=1S/C16H23NO3S/c1-20-12-16(7-2-8-16)11-17-15(19)13-3-5-14(6-4-13)21-10-9-18/h3-6,18H,2,7-12H2,1H3,(H,17,19). The molecule has 1 fully saturated rings. The van der Waals surface area contributed by atoms with Gasteiger partial charge in [-0.15, -0.1) is 11.8 Å².